The fraction of sp³-hybridized carbons (Fsp3) is 1.00. The van der Waals surface area contributed by atoms with E-state index in [1.165, 1.54) is 0 Å². The van der Waals surface area contributed by atoms with Crippen molar-refractivity contribution in [1.82, 2.24) is 5.32 Å². The molecular formula is C9H21NO2. The zero-order valence-corrected chi connectivity index (χ0v) is 8.55. The van der Waals surface area contributed by atoms with Gasteiger partial charge in [0.05, 0.1) is 6.10 Å². The summed E-state index contributed by atoms with van der Waals surface area (Å²) in [5, 5.41) is 12.6. The molecule has 1 unspecified atom stereocenters. The molecule has 0 rings (SSSR count). The molecule has 0 radical (unpaired) electrons. The first-order valence-corrected chi connectivity index (χ1v) is 4.42. The van der Waals surface area contributed by atoms with Crippen LogP contribution < -0.4 is 5.32 Å². The van der Waals surface area contributed by atoms with Crippen LogP contribution in [0.15, 0.2) is 0 Å². The lowest BCUT2D eigenvalue weighted by Gasteiger charge is -2.29. The predicted molar refractivity (Wildman–Crippen MR) is 50.3 cm³/mol. The minimum atomic E-state index is -0.333. The van der Waals surface area contributed by atoms with Gasteiger partial charge >= 0.3 is 0 Å². The molecule has 0 spiro atoms. The van der Waals surface area contributed by atoms with Crippen molar-refractivity contribution in [3.05, 3.63) is 0 Å². The summed E-state index contributed by atoms with van der Waals surface area (Å²) in [5.41, 5.74) is -0.201. The van der Waals surface area contributed by atoms with E-state index in [1.54, 1.807) is 14.0 Å². The second-order valence-corrected chi connectivity index (χ2v) is 3.67. The number of aliphatic hydroxyl groups excluding tert-OH is 1. The Kier molecular flexibility index (Phi) is 5.46. The Balaban J connectivity index is 3.47. The second kappa shape index (κ2) is 5.51. The van der Waals surface area contributed by atoms with Gasteiger partial charge in [0.25, 0.3) is 0 Å². The van der Waals surface area contributed by atoms with E-state index in [1.807, 2.05) is 13.8 Å². The highest BCUT2D eigenvalue weighted by Crippen LogP contribution is 2.07. The third-order valence-corrected chi connectivity index (χ3v) is 2.15. The number of nitrogens with one attached hydrogen (secondary N) is 1. The van der Waals surface area contributed by atoms with Crippen LogP contribution in [0, 0.1) is 0 Å². The Morgan fingerprint density at radius 1 is 1.50 bits per heavy atom. The largest absolute Gasteiger partial charge is 0.392 e. The molecule has 74 valence electrons. The summed E-state index contributed by atoms with van der Waals surface area (Å²) >= 11 is 0. The molecule has 0 aromatic heterocycles. The maximum Gasteiger partial charge on any atom is 0.0688 e. The minimum absolute atomic E-state index is 0.201. The summed E-state index contributed by atoms with van der Waals surface area (Å²) in [5.74, 6) is 0. The van der Waals surface area contributed by atoms with Gasteiger partial charge in [-0.25, -0.2) is 0 Å². The zero-order valence-electron chi connectivity index (χ0n) is 8.55. The molecule has 2 N–H and O–H groups in total. The van der Waals surface area contributed by atoms with E-state index in [2.05, 4.69) is 5.32 Å². The van der Waals surface area contributed by atoms with E-state index in [4.69, 9.17) is 4.74 Å². The standard InChI is InChI=1S/C9H21NO2/c1-8(11)9(2,3)10-6-5-7-12-4/h8,10-11H,5-7H2,1-4H3. The summed E-state index contributed by atoms with van der Waals surface area (Å²) < 4.78 is 4.91. The average molecular weight is 175 g/mol. The van der Waals surface area contributed by atoms with Gasteiger partial charge in [-0.2, -0.15) is 0 Å². The van der Waals surface area contributed by atoms with E-state index in [0.717, 1.165) is 19.6 Å². The monoisotopic (exact) mass is 175 g/mol. The summed E-state index contributed by atoms with van der Waals surface area (Å²) in [6, 6.07) is 0. The number of ether oxygens (including phenoxy) is 1. The summed E-state index contributed by atoms with van der Waals surface area (Å²) in [4.78, 5) is 0. The first kappa shape index (κ1) is 11.9. The van der Waals surface area contributed by atoms with Gasteiger partial charge in [0.2, 0.25) is 0 Å². The lowest BCUT2D eigenvalue weighted by atomic mass is 9.99. The van der Waals surface area contributed by atoms with Crippen LogP contribution >= 0.6 is 0 Å². The fourth-order valence-corrected chi connectivity index (χ4v) is 0.775. The summed E-state index contributed by atoms with van der Waals surface area (Å²) in [6.07, 6.45) is 0.646. The van der Waals surface area contributed by atoms with Crippen molar-refractivity contribution in [2.75, 3.05) is 20.3 Å². The smallest absolute Gasteiger partial charge is 0.0688 e. The maximum absolute atomic E-state index is 9.34. The molecule has 12 heavy (non-hydrogen) atoms. The van der Waals surface area contributed by atoms with Crippen LogP contribution in [0.1, 0.15) is 27.2 Å². The molecule has 3 heteroatoms. The Labute approximate surface area is 75.1 Å². The Bertz CT molecular complexity index is 113. The van der Waals surface area contributed by atoms with E-state index in [0.29, 0.717) is 0 Å². The Hall–Kier alpha value is -0.120. The normalized spacial score (nSPS) is 14.8. The van der Waals surface area contributed by atoms with Crippen molar-refractivity contribution in [3.8, 4) is 0 Å². The third-order valence-electron chi connectivity index (χ3n) is 2.15. The highest BCUT2D eigenvalue weighted by molar-refractivity contribution is 4.82. The van der Waals surface area contributed by atoms with Crippen molar-refractivity contribution < 1.29 is 9.84 Å². The van der Waals surface area contributed by atoms with E-state index >= 15 is 0 Å². The van der Waals surface area contributed by atoms with Gasteiger partial charge in [0.1, 0.15) is 0 Å². The van der Waals surface area contributed by atoms with E-state index in [-0.39, 0.29) is 11.6 Å². The fourth-order valence-electron chi connectivity index (χ4n) is 0.775. The maximum atomic E-state index is 9.34. The van der Waals surface area contributed by atoms with E-state index in [9.17, 15) is 5.11 Å². The van der Waals surface area contributed by atoms with Crippen LogP contribution in [0.4, 0.5) is 0 Å². The first-order valence-electron chi connectivity index (χ1n) is 4.42. The molecule has 0 saturated carbocycles. The molecular weight excluding hydrogens is 154 g/mol. The molecule has 0 aliphatic rings. The van der Waals surface area contributed by atoms with Crippen molar-refractivity contribution in [2.45, 2.75) is 38.8 Å². The van der Waals surface area contributed by atoms with Gasteiger partial charge in [-0.1, -0.05) is 0 Å². The molecule has 0 heterocycles. The number of methoxy groups -OCH3 is 1. The molecule has 0 fully saturated rings. The van der Waals surface area contributed by atoms with E-state index < -0.39 is 0 Å². The second-order valence-electron chi connectivity index (χ2n) is 3.67. The number of hydrogen-bond acceptors (Lipinski definition) is 3. The topological polar surface area (TPSA) is 41.5 Å². The van der Waals surface area contributed by atoms with Gasteiger partial charge in [0, 0.05) is 19.3 Å². The van der Waals surface area contributed by atoms with Crippen LogP contribution in [0.2, 0.25) is 0 Å². The van der Waals surface area contributed by atoms with Gasteiger partial charge < -0.3 is 15.2 Å². The highest BCUT2D eigenvalue weighted by Gasteiger charge is 2.22. The Morgan fingerprint density at radius 3 is 2.50 bits per heavy atom. The zero-order chi connectivity index (χ0) is 9.61. The van der Waals surface area contributed by atoms with Gasteiger partial charge in [-0.05, 0) is 33.7 Å². The lowest BCUT2D eigenvalue weighted by Crippen LogP contribution is -2.48. The summed E-state index contributed by atoms with van der Waals surface area (Å²) in [7, 11) is 1.69. The van der Waals surface area contributed by atoms with Crippen LogP contribution in [-0.2, 0) is 4.74 Å². The molecule has 0 aromatic carbocycles. The van der Waals surface area contributed by atoms with Crippen LogP contribution in [0.25, 0.3) is 0 Å². The quantitative estimate of drug-likeness (QED) is 0.586. The van der Waals surface area contributed by atoms with Crippen LogP contribution in [-0.4, -0.2) is 37.0 Å². The molecule has 0 amide bonds. The highest BCUT2D eigenvalue weighted by atomic mass is 16.5. The molecule has 3 nitrogen and oxygen atoms in total. The third kappa shape index (κ3) is 4.70. The number of aliphatic hydroxyl groups is 1. The molecule has 0 bridgehead atoms. The van der Waals surface area contributed by atoms with Crippen LogP contribution in [0.5, 0.6) is 0 Å². The minimum Gasteiger partial charge on any atom is -0.392 e. The molecule has 0 aliphatic carbocycles. The number of hydrogen-bond donors (Lipinski definition) is 2. The van der Waals surface area contributed by atoms with Gasteiger partial charge in [-0.15, -0.1) is 0 Å². The summed E-state index contributed by atoms with van der Waals surface area (Å²) in [6.45, 7) is 7.42. The first-order chi connectivity index (χ1) is 5.50. The molecule has 1 atom stereocenters. The molecule has 0 aliphatic heterocycles. The SMILES string of the molecule is COCCCNC(C)(C)C(C)O. The van der Waals surface area contributed by atoms with Crippen molar-refractivity contribution in [3.63, 3.8) is 0 Å². The van der Waals surface area contributed by atoms with Gasteiger partial charge in [-0.3, -0.25) is 0 Å². The molecule has 0 aromatic rings. The lowest BCUT2D eigenvalue weighted by molar-refractivity contribution is 0.0941. The average Bonchev–Trinajstić information content (AvgIpc) is 1.98. The Morgan fingerprint density at radius 2 is 2.08 bits per heavy atom. The van der Waals surface area contributed by atoms with Crippen LogP contribution in [0.3, 0.4) is 0 Å². The van der Waals surface area contributed by atoms with Crippen molar-refractivity contribution in [1.29, 1.82) is 0 Å². The predicted octanol–water partition coefficient (Wildman–Crippen LogP) is 0.772. The van der Waals surface area contributed by atoms with Crippen molar-refractivity contribution in [2.24, 2.45) is 0 Å². The van der Waals surface area contributed by atoms with Gasteiger partial charge in [0.15, 0.2) is 0 Å². The van der Waals surface area contributed by atoms with Crippen molar-refractivity contribution >= 4 is 0 Å². The number of rotatable bonds is 6. The molecule has 0 saturated heterocycles.